The van der Waals surface area contributed by atoms with Crippen molar-refractivity contribution in [2.45, 2.75) is 38.9 Å². The van der Waals surface area contributed by atoms with Crippen molar-refractivity contribution in [2.75, 3.05) is 11.9 Å². The molecule has 6 nitrogen and oxygen atoms in total. The Labute approximate surface area is 136 Å². The maximum Gasteiger partial charge on any atom is 0.238 e. The van der Waals surface area contributed by atoms with Crippen LogP contribution in [0.15, 0.2) is 30.3 Å². The number of anilines is 1. The van der Waals surface area contributed by atoms with Crippen molar-refractivity contribution in [1.82, 2.24) is 10.9 Å². The quantitative estimate of drug-likeness (QED) is 0.450. The van der Waals surface area contributed by atoms with Gasteiger partial charge in [0.25, 0.3) is 0 Å². The molecule has 1 atom stereocenters. The number of aliphatic hydroxyl groups excluding tert-OH is 1. The molecule has 1 amide bonds. The second kappa shape index (κ2) is 10.1. The second-order valence-corrected chi connectivity index (χ2v) is 5.48. The SMILES string of the molecule is CC(C)OC[C@@H](O)CCC(=O)NNC(=S)Nc1ccccc1. The van der Waals surface area contributed by atoms with Gasteiger partial charge in [-0.05, 0) is 44.6 Å². The number of rotatable bonds is 7. The Hall–Kier alpha value is -1.70. The number of carbonyl (C=O) groups excluding carboxylic acids is 1. The fourth-order valence-corrected chi connectivity index (χ4v) is 1.73. The molecular weight excluding hydrogens is 302 g/mol. The summed E-state index contributed by atoms with van der Waals surface area (Å²) in [6, 6.07) is 9.38. The minimum Gasteiger partial charge on any atom is -0.391 e. The summed E-state index contributed by atoms with van der Waals surface area (Å²) < 4.78 is 5.27. The molecule has 0 unspecified atom stereocenters. The molecule has 0 spiro atoms. The normalized spacial score (nSPS) is 11.8. The van der Waals surface area contributed by atoms with Gasteiger partial charge in [-0.25, -0.2) is 0 Å². The number of hydrogen-bond donors (Lipinski definition) is 4. The largest absolute Gasteiger partial charge is 0.391 e. The molecule has 0 aliphatic heterocycles. The number of para-hydroxylation sites is 1. The highest BCUT2D eigenvalue weighted by atomic mass is 32.1. The monoisotopic (exact) mass is 325 g/mol. The standard InChI is InChI=1S/C15H23N3O3S/c1-11(2)21-10-13(19)8-9-14(20)17-18-15(22)16-12-6-4-3-5-7-12/h3-7,11,13,19H,8-10H2,1-2H3,(H,17,20)(H2,16,18,22)/t13-/m0/s1. The van der Waals surface area contributed by atoms with Crippen molar-refractivity contribution in [3.63, 3.8) is 0 Å². The molecule has 1 aromatic carbocycles. The zero-order valence-electron chi connectivity index (χ0n) is 12.8. The van der Waals surface area contributed by atoms with Gasteiger partial charge < -0.3 is 15.2 Å². The van der Waals surface area contributed by atoms with Gasteiger partial charge in [-0.15, -0.1) is 0 Å². The molecule has 0 fully saturated rings. The third kappa shape index (κ3) is 8.56. The number of thiocarbonyl (C=S) groups is 1. The van der Waals surface area contributed by atoms with E-state index in [0.717, 1.165) is 5.69 Å². The maximum absolute atomic E-state index is 11.6. The third-order valence-electron chi connectivity index (χ3n) is 2.67. The average molecular weight is 325 g/mol. The molecule has 7 heteroatoms. The molecule has 1 rings (SSSR count). The summed E-state index contributed by atoms with van der Waals surface area (Å²) in [6.45, 7) is 4.01. The lowest BCUT2D eigenvalue weighted by Gasteiger charge is -2.14. The highest BCUT2D eigenvalue weighted by Crippen LogP contribution is 2.04. The number of amides is 1. The van der Waals surface area contributed by atoms with Gasteiger partial charge in [0.2, 0.25) is 5.91 Å². The van der Waals surface area contributed by atoms with Crippen LogP contribution in [-0.2, 0) is 9.53 Å². The lowest BCUT2D eigenvalue weighted by molar-refractivity contribution is -0.122. The Kier molecular flexibility index (Phi) is 8.42. The number of hydrazine groups is 1. The van der Waals surface area contributed by atoms with Gasteiger partial charge in [0.05, 0.1) is 18.8 Å². The first kappa shape index (κ1) is 18.3. The van der Waals surface area contributed by atoms with Crippen LogP contribution in [0, 0.1) is 0 Å². The zero-order chi connectivity index (χ0) is 16.4. The number of ether oxygens (including phenoxy) is 1. The van der Waals surface area contributed by atoms with Crippen LogP contribution in [0.1, 0.15) is 26.7 Å². The molecule has 0 aliphatic carbocycles. The number of carbonyl (C=O) groups is 1. The second-order valence-electron chi connectivity index (χ2n) is 5.07. The Bertz CT molecular complexity index is 468. The van der Waals surface area contributed by atoms with E-state index >= 15 is 0 Å². The number of hydrogen-bond acceptors (Lipinski definition) is 4. The summed E-state index contributed by atoms with van der Waals surface area (Å²) in [4.78, 5) is 11.6. The highest BCUT2D eigenvalue weighted by Gasteiger charge is 2.09. The topological polar surface area (TPSA) is 82.6 Å². The number of benzene rings is 1. The van der Waals surface area contributed by atoms with E-state index in [0.29, 0.717) is 11.5 Å². The molecule has 4 N–H and O–H groups in total. The van der Waals surface area contributed by atoms with E-state index in [1.165, 1.54) is 0 Å². The van der Waals surface area contributed by atoms with Crippen LogP contribution in [0.4, 0.5) is 5.69 Å². The van der Waals surface area contributed by atoms with Crippen LogP contribution < -0.4 is 16.2 Å². The van der Waals surface area contributed by atoms with Gasteiger partial charge in [-0.3, -0.25) is 15.6 Å². The minimum absolute atomic E-state index is 0.0616. The molecule has 0 bridgehead atoms. The lowest BCUT2D eigenvalue weighted by Crippen LogP contribution is -2.44. The Morgan fingerprint density at radius 3 is 2.59 bits per heavy atom. The molecule has 0 aliphatic rings. The van der Waals surface area contributed by atoms with Crippen molar-refractivity contribution < 1.29 is 14.6 Å². The van der Waals surface area contributed by atoms with Crippen molar-refractivity contribution in [2.24, 2.45) is 0 Å². The smallest absolute Gasteiger partial charge is 0.238 e. The minimum atomic E-state index is -0.650. The third-order valence-corrected chi connectivity index (χ3v) is 2.88. The first-order valence-electron chi connectivity index (χ1n) is 7.18. The lowest BCUT2D eigenvalue weighted by atomic mass is 10.2. The first-order chi connectivity index (χ1) is 10.5. The van der Waals surface area contributed by atoms with E-state index in [1.807, 2.05) is 44.2 Å². The summed E-state index contributed by atoms with van der Waals surface area (Å²) in [6.07, 6.45) is -0.0722. The van der Waals surface area contributed by atoms with Gasteiger partial charge in [-0.2, -0.15) is 0 Å². The summed E-state index contributed by atoms with van der Waals surface area (Å²) in [5.74, 6) is -0.249. The van der Waals surface area contributed by atoms with Gasteiger partial charge in [0, 0.05) is 12.1 Å². The molecule has 22 heavy (non-hydrogen) atoms. The van der Waals surface area contributed by atoms with Gasteiger partial charge in [0.1, 0.15) is 0 Å². The molecule has 0 saturated heterocycles. The molecule has 1 aromatic rings. The van der Waals surface area contributed by atoms with Crippen LogP contribution in [0.5, 0.6) is 0 Å². The van der Waals surface area contributed by atoms with Crippen LogP contribution in [0.2, 0.25) is 0 Å². The van der Waals surface area contributed by atoms with E-state index in [-0.39, 0.29) is 25.0 Å². The van der Waals surface area contributed by atoms with Crippen molar-refractivity contribution in [3.8, 4) is 0 Å². The van der Waals surface area contributed by atoms with Gasteiger partial charge in [0.15, 0.2) is 5.11 Å². The van der Waals surface area contributed by atoms with E-state index in [1.54, 1.807) is 0 Å². The zero-order valence-corrected chi connectivity index (χ0v) is 13.7. The Morgan fingerprint density at radius 1 is 1.27 bits per heavy atom. The fraction of sp³-hybridized carbons (Fsp3) is 0.467. The van der Waals surface area contributed by atoms with Gasteiger partial charge in [-0.1, -0.05) is 18.2 Å². The average Bonchev–Trinajstić information content (AvgIpc) is 2.49. The van der Waals surface area contributed by atoms with Crippen LogP contribution in [0.25, 0.3) is 0 Å². The summed E-state index contributed by atoms with van der Waals surface area (Å²) in [5, 5.41) is 12.9. The van der Waals surface area contributed by atoms with Crippen LogP contribution >= 0.6 is 12.2 Å². The maximum atomic E-state index is 11.6. The van der Waals surface area contributed by atoms with Crippen LogP contribution in [0.3, 0.4) is 0 Å². The summed E-state index contributed by atoms with van der Waals surface area (Å²) in [7, 11) is 0. The van der Waals surface area contributed by atoms with Crippen molar-refractivity contribution >= 4 is 28.9 Å². The fourth-order valence-electron chi connectivity index (χ4n) is 1.56. The van der Waals surface area contributed by atoms with Crippen molar-refractivity contribution in [3.05, 3.63) is 30.3 Å². The molecular formula is C15H23N3O3S. The van der Waals surface area contributed by atoms with Crippen molar-refractivity contribution in [1.29, 1.82) is 0 Å². The summed E-state index contributed by atoms with van der Waals surface area (Å²) >= 11 is 5.05. The highest BCUT2D eigenvalue weighted by molar-refractivity contribution is 7.80. The molecule has 0 heterocycles. The van der Waals surface area contributed by atoms with E-state index in [9.17, 15) is 9.90 Å². The molecule has 122 valence electrons. The predicted molar refractivity (Wildman–Crippen MR) is 90.3 cm³/mol. The van der Waals surface area contributed by atoms with Crippen LogP contribution in [-0.4, -0.2) is 34.9 Å². The van der Waals surface area contributed by atoms with E-state index in [4.69, 9.17) is 17.0 Å². The Balaban J connectivity index is 2.16. The first-order valence-corrected chi connectivity index (χ1v) is 7.58. The summed E-state index contributed by atoms with van der Waals surface area (Å²) in [5.41, 5.74) is 5.92. The Morgan fingerprint density at radius 2 is 1.95 bits per heavy atom. The van der Waals surface area contributed by atoms with E-state index < -0.39 is 6.10 Å². The predicted octanol–water partition coefficient (Wildman–Crippen LogP) is 1.57. The molecule has 0 aromatic heterocycles. The molecule has 0 radical (unpaired) electrons. The van der Waals surface area contributed by atoms with Gasteiger partial charge >= 0.3 is 0 Å². The molecule has 0 saturated carbocycles. The van der Waals surface area contributed by atoms with E-state index in [2.05, 4.69) is 16.2 Å². The number of nitrogens with one attached hydrogen (secondary N) is 3. The number of aliphatic hydroxyl groups is 1.